The van der Waals surface area contributed by atoms with Crippen LogP contribution >= 0.6 is 0 Å². The zero-order chi connectivity index (χ0) is 11.7. The average molecular weight is 215 g/mol. The minimum absolute atomic E-state index is 0.318. The van der Waals surface area contributed by atoms with Crippen LogP contribution in [0.3, 0.4) is 0 Å². The van der Waals surface area contributed by atoms with Crippen molar-refractivity contribution in [3.05, 3.63) is 0 Å². The van der Waals surface area contributed by atoms with E-state index in [1.54, 1.807) is 0 Å². The maximum atomic E-state index is 11.0. The van der Waals surface area contributed by atoms with Crippen LogP contribution in [0.25, 0.3) is 0 Å². The van der Waals surface area contributed by atoms with Gasteiger partial charge in [0.05, 0.1) is 19.0 Å². The van der Waals surface area contributed by atoms with Gasteiger partial charge in [-0.3, -0.25) is 4.79 Å². The molecule has 0 heterocycles. The first-order chi connectivity index (χ1) is 7.13. The second-order valence-electron chi connectivity index (χ2n) is 3.60. The van der Waals surface area contributed by atoms with Crippen LogP contribution in [0.5, 0.6) is 0 Å². The topological polar surface area (TPSA) is 66.4 Å². The summed E-state index contributed by atoms with van der Waals surface area (Å²) in [6.45, 7) is 2.11. The van der Waals surface area contributed by atoms with Crippen molar-refractivity contribution in [2.75, 3.05) is 7.11 Å². The highest BCUT2D eigenvalue weighted by Crippen LogP contribution is 2.12. The van der Waals surface area contributed by atoms with Crippen LogP contribution in [-0.4, -0.2) is 19.0 Å². The highest BCUT2D eigenvalue weighted by Gasteiger charge is 2.19. The summed E-state index contributed by atoms with van der Waals surface area (Å²) in [5, 5.41) is 10.6. The Kier molecular flexibility index (Phi) is 7.68. The number of unbranched alkanes of at least 4 members (excludes halogenated alkanes) is 4. The lowest BCUT2D eigenvalue weighted by atomic mass is 10.0. The van der Waals surface area contributed by atoms with Gasteiger partial charge in [0.25, 0.3) is 0 Å². The lowest BCUT2D eigenvalue weighted by Crippen LogP contribution is -2.37. The number of aliphatic carboxylic acids is 1. The molecule has 0 aliphatic carbocycles. The zero-order valence-electron chi connectivity index (χ0n) is 9.45. The molecule has 0 radical (unpaired) electrons. The van der Waals surface area contributed by atoms with Gasteiger partial charge < -0.3 is 14.6 Å². The fraction of sp³-hybridized carbons (Fsp3) is 0.818. The number of rotatable bonds is 8. The molecule has 0 bridgehead atoms. The molecule has 0 fully saturated rings. The molecule has 88 valence electrons. The number of hydrogen-bond donors (Lipinski definition) is 0. The van der Waals surface area contributed by atoms with E-state index in [2.05, 4.69) is 11.7 Å². The molecule has 1 unspecified atom stereocenters. The molecular weight excluding hydrogens is 196 g/mol. The summed E-state index contributed by atoms with van der Waals surface area (Å²) in [4.78, 5) is 21.6. The molecule has 0 N–H and O–H groups in total. The summed E-state index contributed by atoms with van der Waals surface area (Å²) >= 11 is 0. The van der Waals surface area contributed by atoms with E-state index >= 15 is 0 Å². The van der Waals surface area contributed by atoms with Crippen molar-refractivity contribution in [3.63, 3.8) is 0 Å². The van der Waals surface area contributed by atoms with Crippen LogP contribution in [0.4, 0.5) is 0 Å². The van der Waals surface area contributed by atoms with Crippen molar-refractivity contribution >= 4 is 11.9 Å². The number of carbonyl (C=O) groups is 2. The van der Waals surface area contributed by atoms with Crippen LogP contribution in [0.2, 0.25) is 0 Å². The predicted octanol–water partition coefficient (Wildman–Crippen LogP) is 0.886. The van der Waals surface area contributed by atoms with Crippen LogP contribution in [0, 0.1) is 5.92 Å². The van der Waals surface area contributed by atoms with Gasteiger partial charge in [-0.2, -0.15) is 0 Å². The molecule has 0 saturated heterocycles. The Bertz CT molecular complexity index is 201. The summed E-state index contributed by atoms with van der Waals surface area (Å²) in [5.74, 6) is -3.14. The summed E-state index contributed by atoms with van der Waals surface area (Å²) in [6.07, 6.45) is 5.37. The maximum absolute atomic E-state index is 11.0. The lowest BCUT2D eigenvalue weighted by molar-refractivity contribution is -0.310. The first-order valence-electron chi connectivity index (χ1n) is 5.42. The van der Waals surface area contributed by atoms with Crippen LogP contribution in [0.15, 0.2) is 0 Å². The van der Waals surface area contributed by atoms with Crippen LogP contribution < -0.4 is 5.11 Å². The van der Waals surface area contributed by atoms with Crippen molar-refractivity contribution < 1.29 is 19.4 Å². The molecule has 4 nitrogen and oxygen atoms in total. The minimum atomic E-state index is -1.34. The van der Waals surface area contributed by atoms with Gasteiger partial charge in [0.1, 0.15) is 0 Å². The van der Waals surface area contributed by atoms with Crippen molar-refractivity contribution in [3.8, 4) is 0 Å². The molecule has 0 aromatic carbocycles. The summed E-state index contributed by atoms with van der Waals surface area (Å²) in [5.41, 5.74) is 0. The molecule has 4 heteroatoms. The largest absolute Gasteiger partial charge is 0.549 e. The number of carbonyl (C=O) groups excluding carboxylic acids is 2. The summed E-state index contributed by atoms with van der Waals surface area (Å²) in [6, 6.07) is 0. The molecule has 0 saturated carbocycles. The Balaban J connectivity index is 3.77. The highest BCUT2D eigenvalue weighted by atomic mass is 16.5. The number of ether oxygens (including phenoxy) is 1. The normalized spacial score (nSPS) is 12.1. The third-order valence-electron chi connectivity index (χ3n) is 2.37. The molecule has 0 aromatic heterocycles. The molecule has 1 atom stereocenters. The van der Waals surface area contributed by atoms with Crippen molar-refractivity contribution in [2.24, 2.45) is 5.92 Å². The first kappa shape index (κ1) is 13.9. The van der Waals surface area contributed by atoms with E-state index in [0.29, 0.717) is 6.42 Å². The van der Waals surface area contributed by atoms with Crippen LogP contribution in [0.1, 0.15) is 45.4 Å². The predicted molar refractivity (Wildman–Crippen MR) is 53.9 cm³/mol. The first-order valence-corrected chi connectivity index (χ1v) is 5.42. The maximum Gasteiger partial charge on any atom is 0.314 e. The van der Waals surface area contributed by atoms with Gasteiger partial charge in [-0.05, 0) is 6.42 Å². The monoisotopic (exact) mass is 215 g/mol. The summed E-state index contributed by atoms with van der Waals surface area (Å²) < 4.78 is 4.39. The molecule has 15 heavy (non-hydrogen) atoms. The van der Waals surface area contributed by atoms with Gasteiger partial charge in [-0.25, -0.2) is 0 Å². The fourth-order valence-corrected chi connectivity index (χ4v) is 1.43. The van der Waals surface area contributed by atoms with E-state index in [-0.39, 0.29) is 0 Å². The Morgan fingerprint density at radius 3 is 2.27 bits per heavy atom. The molecule has 0 amide bonds. The van der Waals surface area contributed by atoms with E-state index in [1.807, 2.05) is 0 Å². The quantitative estimate of drug-likeness (QED) is 0.342. The zero-order valence-corrected chi connectivity index (χ0v) is 9.45. The number of carboxylic acids is 1. The highest BCUT2D eigenvalue weighted by molar-refractivity contribution is 5.92. The van der Waals surface area contributed by atoms with Gasteiger partial charge in [0.15, 0.2) is 0 Å². The van der Waals surface area contributed by atoms with Gasteiger partial charge in [-0.1, -0.05) is 39.0 Å². The van der Waals surface area contributed by atoms with Crippen molar-refractivity contribution in [1.29, 1.82) is 0 Å². The standard InChI is InChI=1S/C11H20O4/c1-3-4-5-6-7-8-9(10(12)13)11(14)15-2/h9H,3-8H2,1-2H3,(H,12,13)/p-1. The number of hydrogen-bond acceptors (Lipinski definition) is 4. The Morgan fingerprint density at radius 2 is 1.80 bits per heavy atom. The second kappa shape index (κ2) is 8.26. The molecule has 0 aromatic rings. The summed E-state index contributed by atoms with van der Waals surface area (Å²) in [7, 11) is 1.19. The molecule has 0 aliphatic heterocycles. The Hall–Kier alpha value is -1.06. The van der Waals surface area contributed by atoms with Crippen molar-refractivity contribution in [2.45, 2.75) is 45.4 Å². The van der Waals surface area contributed by atoms with Crippen molar-refractivity contribution in [1.82, 2.24) is 0 Å². The SMILES string of the molecule is CCCCCCCC(C(=O)[O-])C(=O)OC. The third kappa shape index (κ3) is 6.10. The number of carboxylic acid groups (broad SMARTS) is 1. The van der Waals surface area contributed by atoms with E-state index in [9.17, 15) is 14.7 Å². The van der Waals surface area contributed by atoms with Crippen LogP contribution in [-0.2, 0) is 14.3 Å². The van der Waals surface area contributed by atoms with E-state index in [1.165, 1.54) is 7.11 Å². The van der Waals surface area contributed by atoms with Gasteiger partial charge in [0, 0.05) is 0 Å². The van der Waals surface area contributed by atoms with E-state index in [4.69, 9.17) is 0 Å². The smallest absolute Gasteiger partial charge is 0.314 e. The van der Waals surface area contributed by atoms with E-state index in [0.717, 1.165) is 32.1 Å². The molecule has 0 aliphatic rings. The molecule has 0 rings (SSSR count). The second-order valence-corrected chi connectivity index (χ2v) is 3.60. The Morgan fingerprint density at radius 1 is 1.20 bits per heavy atom. The molecule has 0 spiro atoms. The lowest BCUT2D eigenvalue weighted by Gasteiger charge is -2.14. The molecular formula is C11H19O4-. The number of esters is 1. The van der Waals surface area contributed by atoms with Gasteiger partial charge in [-0.15, -0.1) is 0 Å². The van der Waals surface area contributed by atoms with E-state index < -0.39 is 17.9 Å². The van der Waals surface area contributed by atoms with Gasteiger partial charge >= 0.3 is 5.97 Å². The number of methoxy groups -OCH3 is 1. The van der Waals surface area contributed by atoms with Gasteiger partial charge in [0.2, 0.25) is 0 Å². The average Bonchev–Trinajstić information content (AvgIpc) is 2.22. The fourth-order valence-electron chi connectivity index (χ4n) is 1.43. The third-order valence-corrected chi connectivity index (χ3v) is 2.37. The minimum Gasteiger partial charge on any atom is -0.549 e. The Labute approximate surface area is 90.6 Å².